The molecular formula is C17H17NO4S. The quantitative estimate of drug-likeness (QED) is 0.842. The van der Waals surface area contributed by atoms with Crippen LogP contribution >= 0.6 is 11.8 Å². The van der Waals surface area contributed by atoms with E-state index in [1.54, 1.807) is 6.07 Å². The average Bonchev–Trinajstić information content (AvgIpc) is 3.04. The summed E-state index contributed by atoms with van der Waals surface area (Å²) in [5.74, 6) is -0.866. The second kappa shape index (κ2) is 6.50. The first-order valence-electron chi connectivity index (χ1n) is 7.43. The summed E-state index contributed by atoms with van der Waals surface area (Å²) in [6, 6.07) is 10.5. The molecule has 1 aliphatic heterocycles. The van der Waals surface area contributed by atoms with Crippen molar-refractivity contribution in [1.82, 2.24) is 4.90 Å². The smallest absolute Gasteiger partial charge is 0.326 e. The third-order valence-corrected chi connectivity index (χ3v) is 5.10. The third-order valence-electron chi connectivity index (χ3n) is 4.07. The highest BCUT2D eigenvalue weighted by molar-refractivity contribution is 8.00. The number of thioether (sulfide) groups is 1. The van der Waals surface area contributed by atoms with Crippen LogP contribution in [0.5, 0.6) is 5.75 Å². The zero-order valence-electron chi connectivity index (χ0n) is 12.4. The molecule has 5 nitrogen and oxygen atoms in total. The molecule has 1 amide bonds. The maximum Gasteiger partial charge on any atom is 0.326 e. The van der Waals surface area contributed by atoms with Gasteiger partial charge < -0.3 is 15.1 Å². The van der Waals surface area contributed by atoms with E-state index in [2.05, 4.69) is 0 Å². The molecule has 0 bridgehead atoms. The number of likely N-dealkylation sites (tertiary alicyclic amines) is 1. The Morgan fingerprint density at radius 2 is 2.00 bits per heavy atom. The Morgan fingerprint density at radius 1 is 1.22 bits per heavy atom. The van der Waals surface area contributed by atoms with Crippen molar-refractivity contribution in [3.8, 4) is 5.75 Å². The predicted octanol–water partition coefficient (Wildman–Crippen LogP) is 2.71. The molecule has 0 unspecified atom stereocenters. The highest BCUT2D eigenvalue weighted by atomic mass is 32.2. The molecule has 0 aromatic heterocycles. The van der Waals surface area contributed by atoms with Gasteiger partial charge in [-0.2, -0.15) is 0 Å². The summed E-state index contributed by atoms with van der Waals surface area (Å²) in [4.78, 5) is 25.5. The van der Waals surface area contributed by atoms with Crippen LogP contribution in [-0.4, -0.2) is 45.3 Å². The standard InChI is InChI=1S/C17H17NO4S/c19-15(18-9-3-6-13(18)17(21)22)10-23-14-8-7-11-4-1-2-5-12(11)16(14)20/h1-2,4-5,7-8,13,20H,3,6,9-10H2,(H,21,22)/t13-/m1/s1. The van der Waals surface area contributed by atoms with E-state index in [9.17, 15) is 14.7 Å². The van der Waals surface area contributed by atoms with Gasteiger partial charge in [-0.05, 0) is 24.3 Å². The van der Waals surface area contributed by atoms with Gasteiger partial charge in [0, 0.05) is 11.9 Å². The highest BCUT2D eigenvalue weighted by Crippen LogP contribution is 2.35. The Bertz CT molecular complexity index is 761. The van der Waals surface area contributed by atoms with E-state index in [1.165, 1.54) is 16.7 Å². The molecule has 120 valence electrons. The lowest BCUT2D eigenvalue weighted by Crippen LogP contribution is -2.41. The van der Waals surface area contributed by atoms with Crippen molar-refractivity contribution >= 4 is 34.4 Å². The number of nitrogens with zero attached hydrogens (tertiary/aromatic N) is 1. The molecule has 1 saturated heterocycles. The summed E-state index contributed by atoms with van der Waals surface area (Å²) in [6.07, 6.45) is 1.22. The SMILES string of the molecule is O=C(O)[C@H]1CCCN1C(=O)CSc1ccc2ccccc2c1O. The van der Waals surface area contributed by atoms with E-state index in [1.807, 2.05) is 30.3 Å². The summed E-state index contributed by atoms with van der Waals surface area (Å²) in [5.41, 5.74) is 0. The summed E-state index contributed by atoms with van der Waals surface area (Å²) >= 11 is 1.24. The van der Waals surface area contributed by atoms with Crippen molar-refractivity contribution in [3.05, 3.63) is 36.4 Å². The predicted molar refractivity (Wildman–Crippen MR) is 88.7 cm³/mol. The van der Waals surface area contributed by atoms with Gasteiger partial charge >= 0.3 is 5.97 Å². The first kappa shape index (κ1) is 15.7. The zero-order chi connectivity index (χ0) is 16.4. The van der Waals surface area contributed by atoms with Crippen molar-refractivity contribution < 1.29 is 19.8 Å². The molecule has 2 aromatic carbocycles. The number of benzene rings is 2. The van der Waals surface area contributed by atoms with E-state index in [0.29, 0.717) is 24.3 Å². The zero-order valence-corrected chi connectivity index (χ0v) is 13.3. The lowest BCUT2D eigenvalue weighted by Gasteiger charge is -2.21. The largest absolute Gasteiger partial charge is 0.506 e. The molecule has 2 aromatic rings. The minimum absolute atomic E-state index is 0.121. The van der Waals surface area contributed by atoms with Crippen molar-refractivity contribution in [2.24, 2.45) is 0 Å². The number of phenolic OH excluding ortho intramolecular Hbond substituents is 1. The monoisotopic (exact) mass is 331 g/mol. The number of phenols is 1. The third kappa shape index (κ3) is 3.12. The van der Waals surface area contributed by atoms with Crippen LogP contribution in [0, 0.1) is 0 Å². The number of rotatable bonds is 4. The Labute approximate surface area is 137 Å². The Hall–Kier alpha value is -2.21. The molecule has 2 N–H and O–H groups in total. The van der Waals surface area contributed by atoms with E-state index in [-0.39, 0.29) is 17.4 Å². The van der Waals surface area contributed by atoms with Crippen molar-refractivity contribution in [2.45, 2.75) is 23.8 Å². The summed E-state index contributed by atoms with van der Waals surface area (Å²) < 4.78 is 0. The van der Waals surface area contributed by atoms with Gasteiger partial charge in [0.2, 0.25) is 5.91 Å². The number of fused-ring (bicyclic) bond motifs is 1. The first-order valence-corrected chi connectivity index (χ1v) is 8.42. The van der Waals surface area contributed by atoms with Crippen molar-refractivity contribution in [3.63, 3.8) is 0 Å². The molecular weight excluding hydrogens is 314 g/mol. The van der Waals surface area contributed by atoms with Crippen molar-refractivity contribution in [1.29, 1.82) is 0 Å². The molecule has 23 heavy (non-hydrogen) atoms. The van der Waals surface area contributed by atoms with E-state index in [4.69, 9.17) is 5.11 Å². The average molecular weight is 331 g/mol. The molecule has 1 atom stereocenters. The molecule has 6 heteroatoms. The van der Waals surface area contributed by atoms with Gasteiger partial charge in [-0.1, -0.05) is 30.3 Å². The lowest BCUT2D eigenvalue weighted by molar-refractivity contribution is -0.147. The number of hydrogen-bond donors (Lipinski definition) is 2. The minimum Gasteiger partial charge on any atom is -0.506 e. The van der Waals surface area contributed by atoms with Gasteiger partial charge in [-0.15, -0.1) is 11.8 Å². The second-order valence-corrected chi connectivity index (χ2v) is 6.52. The fraction of sp³-hybridized carbons (Fsp3) is 0.294. The Kier molecular flexibility index (Phi) is 4.43. The van der Waals surface area contributed by atoms with Crippen LogP contribution in [0.15, 0.2) is 41.3 Å². The molecule has 0 radical (unpaired) electrons. The minimum atomic E-state index is -0.950. The van der Waals surface area contributed by atoms with Crippen LogP contribution in [-0.2, 0) is 9.59 Å². The summed E-state index contributed by atoms with van der Waals surface area (Å²) in [5, 5.41) is 21.1. The molecule has 1 heterocycles. The highest BCUT2D eigenvalue weighted by Gasteiger charge is 2.33. The fourth-order valence-corrected chi connectivity index (χ4v) is 3.75. The maximum atomic E-state index is 12.3. The Morgan fingerprint density at radius 3 is 2.78 bits per heavy atom. The number of carboxylic acids is 1. The van der Waals surface area contributed by atoms with E-state index in [0.717, 1.165) is 10.8 Å². The second-order valence-electron chi connectivity index (χ2n) is 5.51. The number of carboxylic acid groups (broad SMARTS) is 1. The van der Waals surface area contributed by atoms with Crippen LogP contribution < -0.4 is 0 Å². The molecule has 1 aliphatic rings. The number of aliphatic carboxylic acids is 1. The van der Waals surface area contributed by atoms with Gasteiger partial charge in [0.15, 0.2) is 0 Å². The van der Waals surface area contributed by atoms with Crippen LogP contribution in [0.1, 0.15) is 12.8 Å². The van der Waals surface area contributed by atoms with Crippen LogP contribution in [0.4, 0.5) is 0 Å². The van der Waals surface area contributed by atoms with Gasteiger partial charge in [0.05, 0.1) is 10.6 Å². The lowest BCUT2D eigenvalue weighted by atomic mass is 10.1. The number of carbonyl (C=O) groups is 2. The molecule has 3 rings (SSSR count). The van der Waals surface area contributed by atoms with Gasteiger partial charge in [0.1, 0.15) is 11.8 Å². The van der Waals surface area contributed by atoms with Crippen LogP contribution in [0.2, 0.25) is 0 Å². The van der Waals surface area contributed by atoms with Gasteiger partial charge in [0.25, 0.3) is 0 Å². The maximum absolute atomic E-state index is 12.3. The van der Waals surface area contributed by atoms with Crippen molar-refractivity contribution in [2.75, 3.05) is 12.3 Å². The number of aromatic hydroxyl groups is 1. The number of carbonyl (C=O) groups excluding carboxylic acids is 1. The van der Waals surface area contributed by atoms with E-state index < -0.39 is 12.0 Å². The number of amides is 1. The molecule has 0 spiro atoms. The first-order chi connectivity index (χ1) is 11.1. The Balaban J connectivity index is 1.72. The van der Waals surface area contributed by atoms with E-state index >= 15 is 0 Å². The topological polar surface area (TPSA) is 77.8 Å². The summed E-state index contributed by atoms with van der Waals surface area (Å²) in [7, 11) is 0. The van der Waals surface area contributed by atoms with Crippen LogP contribution in [0.3, 0.4) is 0 Å². The molecule has 0 saturated carbocycles. The fourth-order valence-electron chi connectivity index (χ4n) is 2.90. The number of hydrogen-bond acceptors (Lipinski definition) is 4. The van der Waals surface area contributed by atoms with Crippen LogP contribution in [0.25, 0.3) is 10.8 Å². The normalized spacial score (nSPS) is 17.6. The van der Waals surface area contributed by atoms with Gasteiger partial charge in [-0.25, -0.2) is 4.79 Å². The molecule has 0 aliphatic carbocycles. The molecule has 1 fully saturated rings. The van der Waals surface area contributed by atoms with Gasteiger partial charge in [-0.3, -0.25) is 4.79 Å². The summed E-state index contributed by atoms with van der Waals surface area (Å²) in [6.45, 7) is 0.486.